The third-order valence-electron chi connectivity index (χ3n) is 3.30. The molecule has 0 saturated heterocycles. The predicted octanol–water partition coefficient (Wildman–Crippen LogP) is 4.00. The Bertz CT molecular complexity index is 480. The van der Waals surface area contributed by atoms with Crippen molar-refractivity contribution in [1.82, 2.24) is 0 Å². The van der Waals surface area contributed by atoms with Gasteiger partial charge in [0.2, 0.25) is 10.5 Å². The molecule has 2 aromatic rings. The van der Waals surface area contributed by atoms with Crippen LogP contribution in [-0.4, -0.2) is 10.5 Å². The van der Waals surface area contributed by atoms with E-state index in [9.17, 15) is 0 Å². The first-order valence-electron chi connectivity index (χ1n) is 6.40. The van der Waals surface area contributed by atoms with Gasteiger partial charge in [-0.05, 0) is 18.1 Å². The van der Waals surface area contributed by atoms with Gasteiger partial charge >= 0.3 is 0 Å². The van der Waals surface area contributed by atoms with Crippen LogP contribution in [0.5, 0.6) is 0 Å². The van der Waals surface area contributed by atoms with Crippen LogP contribution in [0.4, 0.5) is 0 Å². The first-order valence-corrected chi connectivity index (χ1v) is 6.81. The zero-order chi connectivity index (χ0) is 13.6. The van der Waals surface area contributed by atoms with Gasteiger partial charge in [-0.15, -0.1) is 0 Å². The van der Waals surface area contributed by atoms with Crippen LogP contribution < -0.4 is 0 Å². The summed E-state index contributed by atoms with van der Waals surface area (Å²) in [6, 6.07) is 20.6. The average molecular weight is 265 g/mol. The monoisotopic (exact) mass is 265 g/mol. The summed E-state index contributed by atoms with van der Waals surface area (Å²) in [6.45, 7) is 2.02. The summed E-state index contributed by atoms with van der Waals surface area (Å²) >= 11 is 0. The fraction of sp³-hybridized carbons (Fsp3) is 0.176. The quantitative estimate of drug-likeness (QED) is 0.586. The van der Waals surface area contributed by atoms with Crippen molar-refractivity contribution in [3.63, 3.8) is 0 Å². The largest absolute Gasteiger partial charge is 0.405 e. The normalized spacial score (nSPS) is 11.9. The standard InChI is InChI=1S/C17H17OSi/c1-2-3-14-17(18-19,15-10-6-4-7-11-15)16-12-8-5-9-13-16/h2-13H,14H2,1H3/b3-2+. The highest BCUT2D eigenvalue weighted by Gasteiger charge is 2.32. The van der Waals surface area contributed by atoms with Gasteiger partial charge in [0.05, 0.1) is 0 Å². The maximum atomic E-state index is 5.77. The van der Waals surface area contributed by atoms with Gasteiger partial charge in [0, 0.05) is 6.42 Å². The second-order valence-corrected chi connectivity index (χ2v) is 4.64. The number of hydrogen-bond donors (Lipinski definition) is 0. The summed E-state index contributed by atoms with van der Waals surface area (Å²) in [5.74, 6) is 0. The van der Waals surface area contributed by atoms with Crippen LogP contribution in [0.1, 0.15) is 24.5 Å². The van der Waals surface area contributed by atoms with Crippen LogP contribution in [-0.2, 0) is 10.0 Å². The van der Waals surface area contributed by atoms with Crippen molar-refractivity contribution < 1.29 is 4.43 Å². The van der Waals surface area contributed by atoms with Crippen molar-refractivity contribution in [1.29, 1.82) is 0 Å². The Morgan fingerprint density at radius 1 is 0.947 bits per heavy atom. The summed E-state index contributed by atoms with van der Waals surface area (Å²) < 4.78 is 5.77. The lowest BCUT2D eigenvalue weighted by molar-refractivity contribution is 0.129. The van der Waals surface area contributed by atoms with Crippen LogP contribution in [0.2, 0.25) is 0 Å². The fourth-order valence-corrected chi connectivity index (χ4v) is 2.58. The zero-order valence-electron chi connectivity index (χ0n) is 11.0. The molecular weight excluding hydrogens is 248 g/mol. The minimum Gasteiger partial charge on any atom is -0.405 e. The van der Waals surface area contributed by atoms with E-state index in [1.165, 1.54) is 0 Å². The molecule has 0 heterocycles. The fourth-order valence-electron chi connectivity index (χ4n) is 2.26. The molecule has 0 N–H and O–H groups in total. The minimum absolute atomic E-state index is 0.494. The van der Waals surface area contributed by atoms with Crippen molar-refractivity contribution in [3.8, 4) is 0 Å². The number of hydrogen-bond acceptors (Lipinski definition) is 1. The summed E-state index contributed by atoms with van der Waals surface area (Å²) in [5, 5.41) is 0. The molecule has 0 saturated carbocycles. The van der Waals surface area contributed by atoms with Gasteiger partial charge in [-0.25, -0.2) is 0 Å². The van der Waals surface area contributed by atoms with Crippen LogP contribution in [0, 0.1) is 0 Å². The molecule has 0 aliphatic carbocycles. The van der Waals surface area contributed by atoms with E-state index in [1.54, 1.807) is 0 Å². The minimum atomic E-state index is -0.494. The SMILES string of the molecule is C/C=C/CC(O[Si])(c1ccccc1)c1ccccc1. The number of rotatable bonds is 5. The van der Waals surface area contributed by atoms with E-state index in [0.717, 1.165) is 17.5 Å². The van der Waals surface area contributed by atoms with Gasteiger partial charge in [-0.1, -0.05) is 72.8 Å². The van der Waals surface area contributed by atoms with Crippen LogP contribution >= 0.6 is 0 Å². The molecule has 0 aliphatic rings. The molecule has 0 atom stereocenters. The third kappa shape index (κ3) is 2.86. The molecule has 0 aromatic heterocycles. The van der Waals surface area contributed by atoms with Gasteiger partial charge in [0.15, 0.2) is 0 Å². The summed E-state index contributed by atoms with van der Waals surface area (Å²) in [7, 11) is 3.30. The van der Waals surface area contributed by atoms with E-state index < -0.39 is 5.60 Å². The van der Waals surface area contributed by atoms with Gasteiger partial charge in [-0.2, -0.15) is 0 Å². The summed E-state index contributed by atoms with van der Waals surface area (Å²) in [4.78, 5) is 0. The van der Waals surface area contributed by atoms with E-state index in [-0.39, 0.29) is 0 Å². The lowest BCUT2D eigenvalue weighted by Gasteiger charge is -2.33. The van der Waals surface area contributed by atoms with Gasteiger partial charge in [0.25, 0.3) is 0 Å². The summed E-state index contributed by atoms with van der Waals surface area (Å²) in [5.41, 5.74) is 1.77. The van der Waals surface area contributed by atoms with Gasteiger partial charge in [0.1, 0.15) is 5.60 Å². The summed E-state index contributed by atoms with van der Waals surface area (Å²) in [6.07, 6.45) is 4.95. The van der Waals surface area contributed by atoms with Crippen LogP contribution in [0.25, 0.3) is 0 Å². The van der Waals surface area contributed by atoms with Crippen molar-refractivity contribution in [2.24, 2.45) is 0 Å². The molecule has 1 nitrogen and oxygen atoms in total. The van der Waals surface area contributed by atoms with Crippen LogP contribution in [0.3, 0.4) is 0 Å². The van der Waals surface area contributed by atoms with E-state index in [4.69, 9.17) is 4.43 Å². The smallest absolute Gasteiger partial charge is 0.248 e. The first kappa shape index (κ1) is 13.8. The van der Waals surface area contributed by atoms with Gasteiger partial charge in [-0.3, -0.25) is 0 Å². The lowest BCUT2D eigenvalue weighted by Crippen LogP contribution is -2.30. The highest BCUT2D eigenvalue weighted by molar-refractivity contribution is 5.98. The van der Waals surface area contributed by atoms with E-state index in [0.29, 0.717) is 0 Å². The van der Waals surface area contributed by atoms with Crippen molar-refractivity contribution in [2.75, 3.05) is 0 Å². The Balaban J connectivity index is 2.54. The Morgan fingerprint density at radius 3 is 1.79 bits per heavy atom. The van der Waals surface area contributed by atoms with E-state index in [2.05, 4.69) is 40.8 Å². The number of benzene rings is 2. The Morgan fingerprint density at radius 2 is 1.42 bits per heavy atom. The van der Waals surface area contributed by atoms with Crippen LogP contribution in [0.15, 0.2) is 72.8 Å². The van der Waals surface area contributed by atoms with Crippen molar-refractivity contribution in [3.05, 3.63) is 83.9 Å². The maximum Gasteiger partial charge on any atom is 0.248 e. The predicted molar refractivity (Wildman–Crippen MR) is 79.9 cm³/mol. The second kappa shape index (κ2) is 6.50. The molecule has 2 rings (SSSR count). The highest BCUT2D eigenvalue weighted by Crippen LogP contribution is 2.36. The average Bonchev–Trinajstić information content (AvgIpc) is 2.51. The Kier molecular flexibility index (Phi) is 4.72. The van der Waals surface area contributed by atoms with Gasteiger partial charge < -0.3 is 4.43 Å². The topological polar surface area (TPSA) is 9.23 Å². The maximum absolute atomic E-state index is 5.77. The molecule has 3 radical (unpaired) electrons. The molecule has 0 fully saturated rings. The van der Waals surface area contributed by atoms with E-state index in [1.807, 2.05) is 49.4 Å². The Labute approximate surface area is 118 Å². The molecule has 0 amide bonds. The molecule has 0 bridgehead atoms. The molecule has 0 aliphatic heterocycles. The zero-order valence-corrected chi connectivity index (χ0v) is 12.0. The van der Waals surface area contributed by atoms with Crippen molar-refractivity contribution >= 4 is 10.5 Å². The third-order valence-corrected chi connectivity index (χ3v) is 3.64. The first-order chi connectivity index (χ1) is 9.33. The highest BCUT2D eigenvalue weighted by atomic mass is 28.2. The molecule has 19 heavy (non-hydrogen) atoms. The molecule has 95 valence electrons. The van der Waals surface area contributed by atoms with E-state index >= 15 is 0 Å². The lowest BCUT2D eigenvalue weighted by atomic mass is 9.83. The molecule has 2 heteroatoms. The van der Waals surface area contributed by atoms with Crippen molar-refractivity contribution in [2.45, 2.75) is 18.9 Å². The molecule has 0 spiro atoms. The molecule has 0 unspecified atom stereocenters. The molecular formula is C17H17OSi. The number of allylic oxidation sites excluding steroid dienone is 1. The Hall–Kier alpha value is -1.64. The second-order valence-electron chi connectivity index (χ2n) is 4.43. The molecule has 2 aromatic carbocycles.